The van der Waals surface area contributed by atoms with Crippen molar-refractivity contribution in [3.63, 3.8) is 0 Å². The van der Waals surface area contributed by atoms with Gasteiger partial charge in [-0.15, -0.1) is 0 Å². The van der Waals surface area contributed by atoms with Gasteiger partial charge in [0.2, 0.25) is 11.9 Å². The number of carbonyl (C=O) groups excluding carboxylic acids is 1. The van der Waals surface area contributed by atoms with E-state index in [9.17, 15) is 14.3 Å². The number of hydrogen-bond donors (Lipinski definition) is 3. The van der Waals surface area contributed by atoms with Crippen LogP contribution in [0.3, 0.4) is 0 Å². The normalized spacial score (nSPS) is 16.5. The number of aliphatic hydroxyl groups excluding tert-OH is 1. The van der Waals surface area contributed by atoms with E-state index in [4.69, 9.17) is 11.6 Å². The van der Waals surface area contributed by atoms with E-state index in [-0.39, 0.29) is 11.7 Å². The van der Waals surface area contributed by atoms with Crippen LogP contribution in [-0.4, -0.2) is 50.0 Å². The van der Waals surface area contributed by atoms with E-state index in [0.29, 0.717) is 41.3 Å². The molecule has 4 rings (SSSR count). The molecule has 3 N–H and O–H groups in total. The summed E-state index contributed by atoms with van der Waals surface area (Å²) in [6, 6.07) is 3.54. The average Bonchev–Trinajstić information content (AvgIpc) is 3.17. The van der Waals surface area contributed by atoms with Crippen molar-refractivity contribution in [2.45, 2.75) is 39.1 Å². The number of carbonyl (C=O) groups is 1. The number of halogens is 2. The fraction of sp³-hybridized carbons (Fsp3) is 0.333. The number of amides is 1. The zero-order valence-corrected chi connectivity index (χ0v) is 18.6. The van der Waals surface area contributed by atoms with Gasteiger partial charge in [0.05, 0.1) is 24.5 Å². The van der Waals surface area contributed by atoms with E-state index in [1.807, 2.05) is 6.20 Å². The van der Waals surface area contributed by atoms with Crippen LogP contribution in [0.25, 0.3) is 0 Å². The van der Waals surface area contributed by atoms with Crippen molar-refractivity contribution in [1.82, 2.24) is 19.7 Å². The molecule has 1 aliphatic rings. The molecular formula is C21H23ClFN7O2. The van der Waals surface area contributed by atoms with Crippen molar-refractivity contribution in [2.75, 3.05) is 22.6 Å². The molecule has 0 radical (unpaired) electrons. The molecule has 2 atom stereocenters. The van der Waals surface area contributed by atoms with Crippen LogP contribution in [0.5, 0.6) is 0 Å². The first kappa shape index (κ1) is 22.0. The Labute approximate surface area is 189 Å². The highest BCUT2D eigenvalue weighted by Gasteiger charge is 2.36. The maximum absolute atomic E-state index is 13.2. The van der Waals surface area contributed by atoms with E-state index in [1.54, 1.807) is 42.7 Å². The molecule has 1 amide bonds. The molecule has 3 heterocycles. The Morgan fingerprint density at radius 3 is 2.88 bits per heavy atom. The van der Waals surface area contributed by atoms with E-state index in [0.717, 1.165) is 11.1 Å². The third kappa shape index (κ3) is 4.37. The molecule has 0 bridgehead atoms. The predicted molar refractivity (Wildman–Crippen MR) is 119 cm³/mol. The Balaban J connectivity index is 1.47. The van der Waals surface area contributed by atoms with Crippen LogP contribution in [0.2, 0.25) is 5.02 Å². The monoisotopic (exact) mass is 459 g/mol. The first-order valence-corrected chi connectivity index (χ1v) is 10.4. The predicted octanol–water partition coefficient (Wildman–Crippen LogP) is 2.57. The molecule has 32 heavy (non-hydrogen) atoms. The number of nitrogens with one attached hydrogen (secondary N) is 2. The molecule has 168 valence electrons. The summed E-state index contributed by atoms with van der Waals surface area (Å²) in [7, 11) is 1.72. The highest BCUT2D eigenvalue weighted by molar-refractivity contribution is 6.31. The number of aliphatic hydroxyl groups is 1. The Morgan fingerprint density at radius 1 is 1.38 bits per heavy atom. The van der Waals surface area contributed by atoms with Gasteiger partial charge in [0.15, 0.2) is 5.82 Å². The summed E-state index contributed by atoms with van der Waals surface area (Å²) in [4.78, 5) is 22.9. The Kier molecular flexibility index (Phi) is 5.98. The van der Waals surface area contributed by atoms with Gasteiger partial charge >= 0.3 is 0 Å². The summed E-state index contributed by atoms with van der Waals surface area (Å²) in [6.45, 7) is 4.19. The average molecular weight is 460 g/mol. The summed E-state index contributed by atoms with van der Waals surface area (Å²) >= 11 is 6.09. The third-order valence-electron chi connectivity index (χ3n) is 5.28. The number of aromatic nitrogens is 4. The summed E-state index contributed by atoms with van der Waals surface area (Å²) in [5.74, 6) is 0.251. The van der Waals surface area contributed by atoms with Crippen LogP contribution in [0.15, 0.2) is 30.6 Å². The number of benzene rings is 1. The van der Waals surface area contributed by atoms with Gasteiger partial charge < -0.3 is 20.6 Å². The highest BCUT2D eigenvalue weighted by Crippen LogP contribution is 2.33. The Bertz CT molecular complexity index is 1170. The van der Waals surface area contributed by atoms with Crippen molar-refractivity contribution >= 4 is 35.0 Å². The van der Waals surface area contributed by atoms with E-state index >= 15 is 0 Å². The molecule has 2 aromatic heterocycles. The molecule has 1 aliphatic heterocycles. The van der Waals surface area contributed by atoms with Gasteiger partial charge in [0, 0.05) is 30.4 Å². The molecule has 1 aromatic carbocycles. The molecule has 0 saturated carbocycles. The first-order chi connectivity index (χ1) is 15.2. The summed E-state index contributed by atoms with van der Waals surface area (Å²) < 4.78 is 14.9. The van der Waals surface area contributed by atoms with Crippen molar-refractivity contribution in [1.29, 1.82) is 0 Å². The quantitative estimate of drug-likeness (QED) is 0.520. The minimum Gasteiger partial charge on any atom is -0.391 e. The van der Waals surface area contributed by atoms with Crippen molar-refractivity contribution in [3.8, 4) is 0 Å². The van der Waals surface area contributed by atoms with E-state index < -0.39 is 12.1 Å². The highest BCUT2D eigenvalue weighted by atomic mass is 35.5. The lowest BCUT2D eigenvalue weighted by Crippen LogP contribution is -2.52. The van der Waals surface area contributed by atoms with Gasteiger partial charge in [-0.05, 0) is 31.5 Å². The second-order valence-electron chi connectivity index (χ2n) is 7.75. The van der Waals surface area contributed by atoms with Gasteiger partial charge in [-0.3, -0.25) is 9.48 Å². The summed E-state index contributed by atoms with van der Waals surface area (Å²) in [6.07, 6.45) is 2.71. The van der Waals surface area contributed by atoms with Crippen molar-refractivity contribution < 1.29 is 14.3 Å². The molecule has 3 aromatic rings. The van der Waals surface area contributed by atoms with Crippen molar-refractivity contribution in [3.05, 3.63) is 58.3 Å². The standard InChI is InChI=1S/C21H23ClFN7O2/c1-11-17-19(29(3)18(12(2)31)20(32)27-17)28-21(26-11)24-7-13-8-25-30(9-13)10-14-4-5-15(23)6-16(14)22/h4-6,8-9,12,18,31H,7,10H2,1-3H3,(H,27,32)(H,24,26,28)/t12-,18-/m0/s1. The minimum absolute atomic E-state index is 0.295. The molecular weight excluding hydrogens is 437 g/mol. The summed E-state index contributed by atoms with van der Waals surface area (Å²) in [5.41, 5.74) is 2.81. The number of anilines is 3. The number of nitrogens with zero attached hydrogens (tertiary/aromatic N) is 5. The fourth-order valence-corrected chi connectivity index (χ4v) is 3.90. The molecule has 11 heteroatoms. The SMILES string of the molecule is Cc1nc(NCc2cnn(Cc3ccc(F)cc3Cl)c2)nc2c1NC(=O)[C@H]([C@H](C)O)N2C. The zero-order valence-electron chi connectivity index (χ0n) is 17.8. The third-order valence-corrected chi connectivity index (χ3v) is 5.63. The van der Waals surface area contributed by atoms with Crippen LogP contribution >= 0.6 is 11.6 Å². The lowest BCUT2D eigenvalue weighted by Gasteiger charge is -2.36. The first-order valence-electron chi connectivity index (χ1n) is 10.0. The van der Waals surface area contributed by atoms with E-state index in [1.165, 1.54) is 12.1 Å². The van der Waals surface area contributed by atoms with Crippen LogP contribution in [-0.2, 0) is 17.9 Å². The van der Waals surface area contributed by atoms with Crippen LogP contribution in [0.4, 0.5) is 21.8 Å². The molecule has 0 unspecified atom stereocenters. The van der Waals surface area contributed by atoms with Crippen LogP contribution in [0.1, 0.15) is 23.7 Å². The smallest absolute Gasteiger partial charge is 0.249 e. The number of fused-ring (bicyclic) bond motifs is 1. The maximum Gasteiger partial charge on any atom is 0.249 e. The number of rotatable bonds is 6. The van der Waals surface area contributed by atoms with Crippen LogP contribution < -0.4 is 15.5 Å². The van der Waals surface area contributed by atoms with Gasteiger partial charge in [0.1, 0.15) is 17.5 Å². The Morgan fingerprint density at radius 2 is 2.16 bits per heavy atom. The fourth-order valence-electron chi connectivity index (χ4n) is 3.68. The van der Waals surface area contributed by atoms with Gasteiger partial charge in [-0.25, -0.2) is 9.37 Å². The second kappa shape index (κ2) is 8.71. The summed E-state index contributed by atoms with van der Waals surface area (Å²) in [5, 5.41) is 20.6. The topological polar surface area (TPSA) is 108 Å². The van der Waals surface area contributed by atoms with Gasteiger partial charge in [0.25, 0.3) is 0 Å². The largest absolute Gasteiger partial charge is 0.391 e. The maximum atomic E-state index is 13.2. The van der Waals surface area contributed by atoms with Gasteiger partial charge in [-0.2, -0.15) is 10.1 Å². The molecule has 0 aliphatic carbocycles. The lowest BCUT2D eigenvalue weighted by molar-refractivity contribution is -0.119. The number of aryl methyl sites for hydroxylation is 1. The molecule has 0 spiro atoms. The molecule has 0 fully saturated rings. The molecule has 9 nitrogen and oxygen atoms in total. The van der Waals surface area contributed by atoms with E-state index in [2.05, 4.69) is 25.7 Å². The number of likely N-dealkylation sites (N-methyl/N-ethyl adjacent to an activating group) is 1. The second-order valence-corrected chi connectivity index (χ2v) is 8.16. The minimum atomic E-state index is -0.861. The zero-order chi connectivity index (χ0) is 23.0. The Hall–Kier alpha value is -3.24. The van der Waals surface area contributed by atoms with Crippen LogP contribution in [0, 0.1) is 12.7 Å². The number of hydrogen-bond acceptors (Lipinski definition) is 7. The molecule has 0 saturated heterocycles. The van der Waals surface area contributed by atoms with Gasteiger partial charge in [-0.1, -0.05) is 17.7 Å². The van der Waals surface area contributed by atoms with Crippen molar-refractivity contribution in [2.24, 2.45) is 0 Å². The lowest BCUT2D eigenvalue weighted by atomic mass is 10.1.